The second-order valence-electron chi connectivity index (χ2n) is 5.86. The summed E-state index contributed by atoms with van der Waals surface area (Å²) in [5.41, 5.74) is 0.930. The Bertz CT molecular complexity index is 636. The Balaban J connectivity index is 1.72. The summed E-state index contributed by atoms with van der Waals surface area (Å²) in [6.45, 7) is 0.0837. The monoisotopic (exact) mass is 343 g/mol. The number of carbonyl (C=O) groups excluding carboxylic acids is 1. The lowest BCUT2D eigenvalue weighted by molar-refractivity contribution is -0.148. The van der Waals surface area contributed by atoms with Crippen molar-refractivity contribution in [2.24, 2.45) is 5.92 Å². The van der Waals surface area contributed by atoms with Gasteiger partial charge in [-0.2, -0.15) is 0 Å². The van der Waals surface area contributed by atoms with Crippen LogP contribution in [0, 0.1) is 5.92 Å². The van der Waals surface area contributed by atoms with Gasteiger partial charge in [0.25, 0.3) is 0 Å². The molecule has 118 valence electrons. The standard InChI is InChI=1S/C15H15Cl2NO4/c16-11-2-1-7(3-12(11)17)9-5-10(9)14(20)18-6-8(19)4-13(18)15(21)22/h1-3,8-10,13,19H,4-6H2,(H,21,22)/t8-,9+,10-,13-/m1/s1. The Morgan fingerprint density at radius 1 is 1.18 bits per heavy atom. The van der Waals surface area contributed by atoms with E-state index in [0.29, 0.717) is 16.5 Å². The van der Waals surface area contributed by atoms with Crippen LogP contribution in [0.2, 0.25) is 10.0 Å². The van der Waals surface area contributed by atoms with Gasteiger partial charge in [0.1, 0.15) is 6.04 Å². The molecule has 2 fully saturated rings. The number of benzene rings is 1. The van der Waals surface area contributed by atoms with Gasteiger partial charge in [-0.25, -0.2) is 4.79 Å². The summed E-state index contributed by atoms with van der Waals surface area (Å²) < 4.78 is 0. The number of hydrogen-bond acceptors (Lipinski definition) is 3. The van der Waals surface area contributed by atoms with Crippen LogP contribution in [0.1, 0.15) is 24.3 Å². The van der Waals surface area contributed by atoms with Crippen LogP contribution in [0.5, 0.6) is 0 Å². The van der Waals surface area contributed by atoms with E-state index in [2.05, 4.69) is 0 Å². The van der Waals surface area contributed by atoms with Crippen molar-refractivity contribution in [1.29, 1.82) is 0 Å². The molecule has 1 saturated carbocycles. The number of likely N-dealkylation sites (tertiary alicyclic amines) is 1. The van der Waals surface area contributed by atoms with Crippen LogP contribution in [0.3, 0.4) is 0 Å². The van der Waals surface area contributed by atoms with Crippen molar-refractivity contribution in [3.63, 3.8) is 0 Å². The van der Waals surface area contributed by atoms with Crippen molar-refractivity contribution >= 4 is 35.1 Å². The van der Waals surface area contributed by atoms with E-state index >= 15 is 0 Å². The fourth-order valence-electron chi connectivity index (χ4n) is 3.08. The highest BCUT2D eigenvalue weighted by atomic mass is 35.5. The second-order valence-corrected chi connectivity index (χ2v) is 6.67. The quantitative estimate of drug-likeness (QED) is 0.881. The van der Waals surface area contributed by atoms with Gasteiger partial charge >= 0.3 is 5.97 Å². The molecule has 1 aliphatic carbocycles. The maximum atomic E-state index is 12.5. The number of hydrogen-bond donors (Lipinski definition) is 2. The molecule has 1 heterocycles. The Labute approximate surface area is 137 Å². The molecule has 0 aromatic heterocycles. The minimum atomic E-state index is -1.07. The van der Waals surface area contributed by atoms with Crippen LogP contribution in [-0.2, 0) is 9.59 Å². The molecule has 22 heavy (non-hydrogen) atoms. The molecule has 1 saturated heterocycles. The number of rotatable bonds is 3. The topological polar surface area (TPSA) is 77.8 Å². The molecular weight excluding hydrogens is 329 g/mol. The van der Waals surface area contributed by atoms with Crippen molar-refractivity contribution in [2.75, 3.05) is 6.54 Å². The highest BCUT2D eigenvalue weighted by Crippen LogP contribution is 2.50. The Kier molecular flexibility index (Phi) is 4.05. The molecule has 7 heteroatoms. The first-order chi connectivity index (χ1) is 10.4. The molecular formula is C15H15Cl2NO4. The highest BCUT2D eigenvalue weighted by molar-refractivity contribution is 6.42. The Morgan fingerprint density at radius 2 is 1.91 bits per heavy atom. The van der Waals surface area contributed by atoms with Crippen LogP contribution in [0.25, 0.3) is 0 Å². The van der Waals surface area contributed by atoms with Crippen molar-refractivity contribution in [1.82, 2.24) is 4.90 Å². The minimum Gasteiger partial charge on any atom is -0.480 e. The number of aliphatic hydroxyl groups excluding tert-OH is 1. The first-order valence-electron chi connectivity index (χ1n) is 7.04. The predicted molar refractivity (Wildman–Crippen MR) is 81.1 cm³/mol. The zero-order chi connectivity index (χ0) is 16.0. The fraction of sp³-hybridized carbons (Fsp3) is 0.467. The van der Waals surface area contributed by atoms with Crippen LogP contribution in [0.15, 0.2) is 18.2 Å². The Hall–Kier alpha value is -1.30. The second kappa shape index (κ2) is 5.72. The van der Waals surface area contributed by atoms with Crippen LogP contribution < -0.4 is 0 Å². The number of aliphatic hydroxyl groups is 1. The van der Waals surface area contributed by atoms with Crippen molar-refractivity contribution < 1.29 is 19.8 Å². The van der Waals surface area contributed by atoms with E-state index in [0.717, 1.165) is 5.56 Å². The first kappa shape index (κ1) is 15.6. The van der Waals surface area contributed by atoms with Crippen molar-refractivity contribution in [3.05, 3.63) is 33.8 Å². The van der Waals surface area contributed by atoms with Gasteiger partial charge in [-0.15, -0.1) is 0 Å². The summed E-state index contributed by atoms with van der Waals surface area (Å²) in [5, 5.41) is 19.7. The number of carboxylic acid groups (broad SMARTS) is 1. The average molecular weight is 344 g/mol. The Morgan fingerprint density at radius 3 is 2.55 bits per heavy atom. The number of aliphatic carboxylic acids is 1. The van der Waals surface area contributed by atoms with Gasteiger partial charge in [-0.05, 0) is 30.0 Å². The molecule has 0 spiro atoms. The SMILES string of the molecule is O=C(O)[C@H]1C[C@@H](O)CN1C(=O)[C@@H]1C[C@H]1c1ccc(Cl)c(Cl)c1. The third-order valence-electron chi connectivity index (χ3n) is 4.33. The average Bonchev–Trinajstić information content (AvgIpc) is 3.16. The third kappa shape index (κ3) is 2.81. The molecule has 1 aromatic rings. The summed E-state index contributed by atoms with van der Waals surface area (Å²) in [6.07, 6.45) is -0.0201. The van der Waals surface area contributed by atoms with Crippen LogP contribution >= 0.6 is 23.2 Å². The number of nitrogens with zero attached hydrogens (tertiary/aromatic N) is 1. The van der Waals surface area contributed by atoms with Gasteiger partial charge < -0.3 is 15.1 Å². The van der Waals surface area contributed by atoms with Gasteiger partial charge in [0.2, 0.25) is 5.91 Å². The molecule has 2 N–H and O–H groups in total. The molecule has 0 unspecified atom stereocenters. The molecule has 0 bridgehead atoms. The van der Waals surface area contributed by atoms with E-state index in [9.17, 15) is 14.7 Å². The smallest absolute Gasteiger partial charge is 0.326 e. The molecule has 3 rings (SSSR count). The summed E-state index contributed by atoms with van der Waals surface area (Å²) >= 11 is 11.9. The molecule has 2 aliphatic rings. The number of carbonyl (C=O) groups is 2. The van der Waals surface area contributed by atoms with E-state index in [4.69, 9.17) is 28.3 Å². The predicted octanol–water partition coefficient (Wildman–Crippen LogP) is 2.14. The maximum absolute atomic E-state index is 12.5. The lowest BCUT2D eigenvalue weighted by Crippen LogP contribution is -2.41. The molecule has 4 atom stereocenters. The lowest BCUT2D eigenvalue weighted by atomic mass is 10.1. The van der Waals surface area contributed by atoms with Crippen molar-refractivity contribution in [2.45, 2.75) is 30.9 Å². The minimum absolute atomic E-state index is 0.0365. The number of carboxylic acids is 1. The van der Waals surface area contributed by atoms with Crippen LogP contribution in [0.4, 0.5) is 0 Å². The van der Waals surface area contributed by atoms with Gasteiger partial charge in [0.15, 0.2) is 0 Å². The van der Waals surface area contributed by atoms with E-state index < -0.39 is 18.1 Å². The van der Waals surface area contributed by atoms with E-state index in [1.165, 1.54) is 4.90 Å². The molecule has 1 aromatic carbocycles. The van der Waals surface area contributed by atoms with Gasteiger partial charge in [0, 0.05) is 18.9 Å². The normalized spacial score (nSPS) is 30.4. The van der Waals surface area contributed by atoms with Gasteiger partial charge in [0.05, 0.1) is 16.1 Å². The number of halogens is 2. The zero-order valence-electron chi connectivity index (χ0n) is 11.6. The van der Waals surface area contributed by atoms with E-state index in [1.54, 1.807) is 12.1 Å². The molecule has 5 nitrogen and oxygen atoms in total. The van der Waals surface area contributed by atoms with Crippen molar-refractivity contribution in [3.8, 4) is 0 Å². The number of amides is 1. The number of β-amino-alcohol motifs (C(OH)–C–C–N with tert-alkyl or cyclic N) is 1. The lowest BCUT2D eigenvalue weighted by Gasteiger charge is -2.21. The van der Waals surface area contributed by atoms with Crippen LogP contribution in [-0.4, -0.2) is 45.7 Å². The van der Waals surface area contributed by atoms with E-state index in [-0.39, 0.29) is 30.7 Å². The van der Waals surface area contributed by atoms with Gasteiger partial charge in [-0.1, -0.05) is 29.3 Å². The summed E-state index contributed by atoms with van der Waals surface area (Å²) in [4.78, 5) is 25.0. The molecule has 0 radical (unpaired) electrons. The third-order valence-corrected chi connectivity index (χ3v) is 5.07. The summed E-state index contributed by atoms with van der Waals surface area (Å²) in [6, 6.07) is 4.34. The first-order valence-corrected chi connectivity index (χ1v) is 7.80. The highest BCUT2D eigenvalue weighted by Gasteiger charge is 2.50. The van der Waals surface area contributed by atoms with Gasteiger partial charge in [-0.3, -0.25) is 4.79 Å². The zero-order valence-corrected chi connectivity index (χ0v) is 13.1. The largest absolute Gasteiger partial charge is 0.480 e. The molecule has 1 aliphatic heterocycles. The fourth-order valence-corrected chi connectivity index (χ4v) is 3.39. The maximum Gasteiger partial charge on any atom is 0.326 e. The molecule has 1 amide bonds. The summed E-state index contributed by atoms with van der Waals surface area (Å²) in [7, 11) is 0. The summed E-state index contributed by atoms with van der Waals surface area (Å²) in [5.74, 6) is -1.49. The van der Waals surface area contributed by atoms with E-state index in [1.807, 2.05) is 6.07 Å².